The lowest BCUT2D eigenvalue weighted by Gasteiger charge is -2.03. The summed E-state index contributed by atoms with van der Waals surface area (Å²) in [6, 6.07) is 10.3. The second-order valence-corrected chi connectivity index (χ2v) is 5.79. The van der Waals surface area contributed by atoms with Crippen LogP contribution in [0.2, 0.25) is 5.02 Å². The summed E-state index contributed by atoms with van der Waals surface area (Å²) in [5.41, 5.74) is 8.26. The van der Waals surface area contributed by atoms with Crippen molar-refractivity contribution in [3.8, 4) is 0 Å². The summed E-state index contributed by atoms with van der Waals surface area (Å²) in [6.45, 7) is 0.537. The molecule has 3 rings (SSSR count). The highest BCUT2D eigenvalue weighted by atomic mass is 35.5. The van der Waals surface area contributed by atoms with Gasteiger partial charge in [0.1, 0.15) is 5.82 Å². The Morgan fingerprint density at radius 1 is 1.25 bits per heavy atom. The van der Waals surface area contributed by atoms with Gasteiger partial charge < -0.3 is 11.1 Å². The summed E-state index contributed by atoms with van der Waals surface area (Å²) in [4.78, 5) is 4.45. The summed E-state index contributed by atoms with van der Waals surface area (Å²) < 4.78 is 14.1. The highest BCUT2D eigenvalue weighted by molar-refractivity contribution is 7.22. The number of fused-ring (bicyclic) bond motifs is 1. The van der Waals surface area contributed by atoms with Crippen molar-refractivity contribution in [2.45, 2.75) is 6.54 Å². The van der Waals surface area contributed by atoms with Gasteiger partial charge in [-0.3, -0.25) is 0 Å². The molecular weight excluding hydrogens is 297 g/mol. The van der Waals surface area contributed by atoms with Crippen molar-refractivity contribution in [3.63, 3.8) is 0 Å². The number of nitrogens with zero attached hydrogens (tertiary/aromatic N) is 1. The number of nitrogen functional groups attached to an aromatic ring is 1. The molecule has 1 heterocycles. The third kappa shape index (κ3) is 2.69. The second-order valence-electron chi connectivity index (χ2n) is 4.35. The Bertz CT molecular complexity index is 772. The minimum absolute atomic E-state index is 0.126. The highest BCUT2D eigenvalue weighted by Crippen LogP contribution is 2.28. The fourth-order valence-electron chi connectivity index (χ4n) is 1.84. The van der Waals surface area contributed by atoms with Gasteiger partial charge in [0, 0.05) is 12.2 Å². The largest absolute Gasteiger partial charge is 0.399 e. The first-order valence-corrected chi connectivity index (χ1v) is 7.15. The van der Waals surface area contributed by atoms with Gasteiger partial charge in [0.25, 0.3) is 0 Å². The zero-order valence-corrected chi connectivity index (χ0v) is 11.9. The predicted octanol–water partition coefficient (Wildman–Crippen LogP) is 4.28. The molecule has 0 aliphatic carbocycles. The van der Waals surface area contributed by atoms with E-state index in [1.54, 1.807) is 12.1 Å². The van der Waals surface area contributed by atoms with E-state index >= 15 is 0 Å². The number of halogens is 2. The van der Waals surface area contributed by atoms with E-state index in [2.05, 4.69) is 10.3 Å². The average molecular weight is 308 g/mol. The lowest BCUT2D eigenvalue weighted by Crippen LogP contribution is -1.99. The molecule has 0 bridgehead atoms. The molecule has 2 aromatic carbocycles. The first kappa shape index (κ1) is 13.1. The maximum atomic E-state index is 13.1. The first-order valence-electron chi connectivity index (χ1n) is 5.96. The van der Waals surface area contributed by atoms with Crippen molar-refractivity contribution in [2.24, 2.45) is 0 Å². The van der Waals surface area contributed by atoms with Crippen LogP contribution in [0.4, 0.5) is 15.2 Å². The van der Waals surface area contributed by atoms with Crippen LogP contribution in [-0.4, -0.2) is 4.98 Å². The van der Waals surface area contributed by atoms with Crippen molar-refractivity contribution < 1.29 is 4.39 Å². The van der Waals surface area contributed by atoms with Gasteiger partial charge in [-0.25, -0.2) is 9.37 Å². The number of hydrogen-bond donors (Lipinski definition) is 2. The van der Waals surface area contributed by atoms with Crippen LogP contribution in [0.3, 0.4) is 0 Å². The molecule has 6 heteroatoms. The van der Waals surface area contributed by atoms with Gasteiger partial charge in [-0.2, -0.15) is 0 Å². The van der Waals surface area contributed by atoms with E-state index in [1.165, 1.54) is 17.4 Å². The standard InChI is InChI=1S/C14H11ClFN3S/c15-10-5-8(1-3-11(10)16)7-18-14-19-12-4-2-9(17)6-13(12)20-14/h1-6H,7,17H2,(H,18,19). The second kappa shape index (κ2) is 5.26. The third-order valence-electron chi connectivity index (χ3n) is 2.84. The van der Waals surface area contributed by atoms with Crippen LogP contribution < -0.4 is 11.1 Å². The van der Waals surface area contributed by atoms with Gasteiger partial charge in [0.2, 0.25) is 0 Å². The van der Waals surface area contributed by atoms with E-state index in [-0.39, 0.29) is 5.02 Å². The number of benzene rings is 2. The Balaban J connectivity index is 1.77. The van der Waals surface area contributed by atoms with Crippen LogP contribution in [0.15, 0.2) is 36.4 Å². The molecule has 0 unspecified atom stereocenters. The Morgan fingerprint density at radius 3 is 2.90 bits per heavy atom. The summed E-state index contributed by atoms with van der Waals surface area (Å²) in [5, 5.41) is 4.13. The van der Waals surface area contributed by atoms with Gasteiger partial charge in [0.15, 0.2) is 5.13 Å². The van der Waals surface area contributed by atoms with Crippen molar-refractivity contribution in [1.29, 1.82) is 0 Å². The predicted molar refractivity (Wildman–Crippen MR) is 82.8 cm³/mol. The Morgan fingerprint density at radius 2 is 2.10 bits per heavy atom. The van der Waals surface area contributed by atoms with E-state index in [4.69, 9.17) is 17.3 Å². The molecular formula is C14H11ClFN3S. The quantitative estimate of drug-likeness (QED) is 0.710. The van der Waals surface area contributed by atoms with Crippen molar-refractivity contribution in [1.82, 2.24) is 4.98 Å². The monoisotopic (exact) mass is 307 g/mol. The molecule has 3 aromatic rings. The van der Waals surface area contributed by atoms with E-state index in [9.17, 15) is 4.39 Å². The minimum Gasteiger partial charge on any atom is -0.399 e. The van der Waals surface area contributed by atoms with Crippen LogP contribution >= 0.6 is 22.9 Å². The molecule has 0 spiro atoms. The Hall–Kier alpha value is -1.85. The summed E-state index contributed by atoms with van der Waals surface area (Å²) in [6.07, 6.45) is 0. The van der Waals surface area contributed by atoms with Crippen LogP contribution in [-0.2, 0) is 6.54 Å². The third-order valence-corrected chi connectivity index (χ3v) is 4.11. The van der Waals surface area contributed by atoms with Crippen LogP contribution in [0, 0.1) is 5.82 Å². The minimum atomic E-state index is -0.411. The normalized spacial score (nSPS) is 10.9. The summed E-state index contributed by atoms with van der Waals surface area (Å²) in [7, 11) is 0. The molecule has 0 aliphatic rings. The van der Waals surface area contributed by atoms with Gasteiger partial charge >= 0.3 is 0 Å². The lowest BCUT2D eigenvalue weighted by atomic mass is 10.2. The molecule has 3 nitrogen and oxygen atoms in total. The van der Waals surface area contributed by atoms with Crippen molar-refractivity contribution >= 4 is 44.0 Å². The maximum Gasteiger partial charge on any atom is 0.184 e. The molecule has 0 amide bonds. The molecule has 20 heavy (non-hydrogen) atoms. The molecule has 0 aliphatic heterocycles. The zero-order chi connectivity index (χ0) is 14.1. The topological polar surface area (TPSA) is 50.9 Å². The molecule has 0 radical (unpaired) electrons. The number of anilines is 2. The Kier molecular flexibility index (Phi) is 3.46. The molecule has 102 valence electrons. The number of thiazole rings is 1. The molecule has 3 N–H and O–H groups in total. The molecule has 0 saturated carbocycles. The summed E-state index contributed by atoms with van der Waals surface area (Å²) >= 11 is 7.28. The van der Waals surface area contributed by atoms with Gasteiger partial charge in [-0.1, -0.05) is 29.0 Å². The van der Waals surface area contributed by atoms with E-state index in [0.717, 1.165) is 26.6 Å². The number of hydrogen-bond acceptors (Lipinski definition) is 4. The van der Waals surface area contributed by atoms with Crippen LogP contribution in [0.5, 0.6) is 0 Å². The average Bonchev–Trinajstić information content (AvgIpc) is 2.82. The number of rotatable bonds is 3. The molecule has 0 fully saturated rings. The van der Waals surface area contributed by atoms with Gasteiger partial charge in [-0.05, 0) is 35.9 Å². The lowest BCUT2D eigenvalue weighted by molar-refractivity contribution is 0.627. The van der Waals surface area contributed by atoms with Crippen molar-refractivity contribution in [2.75, 3.05) is 11.1 Å². The Labute approximate surface area is 124 Å². The maximum absolute atomic E-state index is 13.1. The zero-order valence-electron chi connectivity index (χ0n) is 10.4. The van der Waals surface area contributed by atoms with Crippen LogP contribution in [0.1, 0.15) is 5.56 Å². The molecule has 0 saturated heterocycles. The SMILES string of the molecule is Nc1ccc2nc(NCc3ccc(F)c(Cl)c3)sc2c1. The number of aromatic nitrogens is 1. The van der Waals surface area contributed by atoms with E-state index < -0.39 is 5.82 Å². The molecule has 1 aromatic heterocycles. The first-order chi connectivity index (χ1) is 9.61. The van der Waals surface area contributed by atoms with Gasteiger partial charge in [-0.15, -0.1) is 0 Å². The van der Waals surface area contributed by atoms with E-state index in [0.29, 0.717) is 6.54 Å². The van der Waals surface area contributed by atoms with Crippen LogP contribution in [0.25, 0.3) is 10.2 Å². The number of nitrogens with one attached hydrogen (secondary N) is 1. The fourth-order valence-corrected chi connectivity index (χ4v) is 2.96. The highest BCUT2D eigenvalue weighted by Gasteiger charge is 2.05. The van der Waals surface area contributed by atoms with E-state index in [1.807, 2.05) is 18.2 Å². The number of nitrogens with two attached hydrogens (primary N) is 1. The van der Waals surface area contributed by atoms with Gasteiger partial charge in [0.05, 0.1) is 15.2 Å². The summed E-state index contributed by atoms with van der Waals surface area (Å²) in [5.74, 6) is -0.411. The molecule has 0 atom stereocenters. The van der Waals surface area contributed by atoms with Crippen molar-refractivity contribution in [3.05, 3.63) is 52.8 Å². The fraction of sp³-hybridized carbons (Fsp3) is 0.0714. The smallest absolute Gasteiger partial charge is 0.184 e.